The summed E-state index contributed by atoms with van der Waals surface area (Å²) >= 11 is 7.12. The third-order valence-corrected chi connectivity index (χ3v) is 6.24. The Labute approximate surface area is 186 Å². The number of rotatable bonds is 9. The maximum atomic E-state index is 12.3. The number of aromatic nitrogens is 2. The van der Waals surface area contributed by atoms with E-state index in [9.17, 15) is 9.59 Å². The van der Waals surface area contributed by atoms with Crippen LogP contribution in [0.15, 0.2) is 24.3 Å². The fourth-order valence-electron chi connectivity index (χ4n) is 3.53. The van der Waals surface area contributed by atoms with Crippen molar-refractivity contribution in [2.75, 3.05) is 31.5 Å². The van der Waals surface area contributed by atoms with Crippen LogP contribution in [0.5, 0.6) is 0 Å². The van der Waals surface area contributed by atoms with Crippen molar-refractivity contribution >= 4 is 40.4 Å². The van der Waals surface area contributed by atoms with E-state index in [0.29, 0.717) is 35.1 Å². The van der Waals surface area contributed by atoms with Gasteiger partial charge in [0.15, 0.2) is 0 Å². The van der Waals surface area contributed by atoms with E-state index >= 15 is 0 Å². The molecule has 30 heavy (non-hydrogen) atoms. The van der Waals surface area contributed by atoms with Gasteiger partial charge in [-0.05, 0) is 56.5 Å². The Hall–Kier alpha value is -2.03. The number of piperidine rings is 1. The maximum absolute atomic E-state index is 12.3. The van der Waals surface area contributed by atoms with Crippen LogP contribution in [0.25, 0.3) is 0 Å². The fraction of sp³-hybridized carbons (Fsp3) is 0.524. The molecule has 2 heterocycles. The van der Waals surface area contributed by atoms with E-state index in [1.54, 1.807) is 24.3 Å². The molecule has 1 aliphatic rings. The minimum Gasteiger partial charge on any atom is -0.356 e. The van der Waals surface area contributed by atoms with E-state index in [2.05, 4.69) is 32.7 Å². The second kappa shape index (κ2) is 11.4. The first-order valence-corrected chi connectivity index (χ1v) is 11.6. The number of nitrogens with one attached hydrogen (secondary N) is 2. The molecule has 2 aromatic rings. The van der Waals surface area contributed by atoms with Crippen molar-refractivity contribution in [2.24, 2.45) is 5.92 Å². The van der Waals surface area contributed by atoms with Crippen molar-refractivity contribution in [3.63, 3.8) is 0 Å². The van der Waals surface area contributed by atoms with E-state index in [1.165, 1.54) is 30.7 Å². The molecule has 1 fully saturated rings. The Bertz CT molecular complexity index is 859. The standard InChI is InChI=1S/C21H28ClN5O2S/c1-15-5-3-11-27(14-15)12-4-10-23-18(28)8-9-19-25-26-21(30-19)20(29)24-17-7-2-6-16(22)13-17/h2,6-7,13,15H,3-5,8-12,14H2,1H3,(H,23,28)(H,24,29). The number of carbonyl (C=O) groups excluding carboxylic acids is 2. The number of hydrogen-bond acceptors (Lipinski definition) is 6. The lowest BCUT2D eigenvalue weighted by Gasteiger charge is -2.30. The number of carbonyl (C=O) groups is 2. The molecule has 1 aromatic heterocycles. The van der Waals surface area contributed by atoms with Crippen LogP contribution in [0.2, 0.25) is 5.02 Å². The van der Waals surface area contributed by atoms with E-state index in [4.69, 9.17) is 11.6 Å². The molecule has 0 spiro atoms. The SMILES string of the molecule is CC1CCCN(CCCNC(=O)CCc2nnc(C(=O)Nc3cccc(Cl)c3)s2)C1. The Morgan fingerprint density at radius 2 is 2.20 bits per heavy atom. The number of halogens is 1. The smallest absolute Gasteiger partial charge is 0.286 e. The number of benzene rings is 1. The van der Waals surface area contributed by atoms with Crippen LogP contribution < -0.4 is 10.6 Å². The van der Waals surface area contributed by atoms with Gasteiger partial charge in [0.25, 0.3) is 5.91 Å². The predicted molar refractivity (Wildman–Crippen MR) is 120 cm³/mol. The van der Waals surface area contributed by atoms with Crippen molar-refractivity contribution in [3.05, 3.63) is 39.3 Å². The summed E-state index contributed by atoms with van der Waals surface area (Å²) in [5.74, 6) is 0.442. The van der Waals surface area contributed by atoms with Crippen LogP contribution in [0.1, 0.15) is 47.4 Å². The van der Waals surface area contributed by atoms with Crippen molar-refractivity contribution in [3.8, 4) is 0 Å². The minimum absolute atomic E-state index is 0.00198. The molecule has 3 rings (SSSR count). The lowest BCUT2D eigenvalue weighted by Crippen LogP contribution is -2.36. The third kappa shape index (κ3) is 7.34. The van der Waals surface area contributed by atoms with Gasteiger partial charge in [0, 0.05) is 36.6 Å². The van der Waals surface area contributed by atoms with Gasteiger partial charge >= 0.3 is 0 Å². The zero-order chi connectivity index (χ0) is 21.3. The summed E-state index contributed by atoms with van der Waals surface area (Å²) in [4.78, 5) is 26.8. The van der Waals surface area contributed by atoms with Crippen molar-refractivity contribution in [1.82, 2.24) is 20.4 Å². The van der Waals surface area contributed by atoms with Gasteiger partial charge in [-0.1, -0.05) is 35.9 Å². The van der Waals surface area contributed by atoms with Gasteiger partial charge in [0.05, 0.1) is 0 Å². The van der Waals surface area contributed by atoms with Gasteiger partial charge < -0.3 is 15.5 Å². The first-order chi connectivity index (χ1) is 14.5. The van der Waals surface area contributed by atoms with Crippen molar-refractivity contribution in [1.29, 1.82) is 0 Å². The molecule has 2 amide bonds. The maximum Gasteiger partial charge on any atom is 0.286 e. The molecule has 1 aliphatic heterocycles. The lowest BCUT2D eigenvalue weighted by atomic mass is 10.0. The summed E-state index contributed by atoms with van der Waals surface area (Å²) in [6.07, 6.45) is 4.37. The van der Waals surface area contributed by atoms with Gasteiger partial charge in [-0.2, -0.15) is 0 Å². The van der Waals surface area contributed by atoms with Crippen LogP contribution in [-0.4, -0.2) is 53.1 Å². The molecule has 1 saturated heterocycles. The van der Waals surface area contributed by atoms with Gasteiger partial charge in [-0.15, -0.1) is 10.2 Å². The second-order valence-electron chi connectivity index (χ2n) is 7.72. The first kappa shape index (κ1) is 22.7. The van der Waals surface area contributed by atoms with Crippen LogP contribution >= 0.6 is 22.9 Å². The molecule has 0 saturated carbocycles. The van der Waals surface area contributed by atoms with Gasteiger partial charge in [0.1, 0.15) is 5.01 Å². The number of anilines is 1. The Balaban J connectivity index is 1.34. The zero-order valence-corrected chi connectivity index (χ0v) is 18.8. The highest BCUT2D eigenvalue weighted by Crippen LogP contribution is 2.18. The first-order valence-electron chi connectivity index (χ1n) is 10.4. The molecule has 0 aliphatic carbocycles. The topological polar surface area (TPSA) is 87.2 Å². The predicted octanol–water partition coefficient (Wildman–Crippen LogP) is 3.61. The molecular formula is C21H28ClN5O2S. The van der Waals surface area contributed by atoms with Crippen molar-refractivity contribution in [2.45, 2.75) is 39.0 Å². The Morgan fingerprint density at radius 3 is 3.00 bits per heavy atom. The molecule has 1 atom stereocenters. The summed E-state index contributed by atoms with van der Waals surface area (Å²) < 4.78 is 0. The minimum atomic E-state index is -0.336. The molecule has 2 N–H and O–H groups in total. The molecule has 162 valence electrons. The van der Waals surface area contributed by atoms with Gasteiger partial charge in [-0.25, -0.2) is 0 Å². The zero-order valence-electron chi connectivity index (χ0n) is 17.2. The van der Waals surface area contributed by atoms with E-state index in [1.807, 2.05) is 0 Å². The van der Waals surface area contributed by atoms with Crippen LogP contribution in [0, 0.1) is 5.92 Å². The molecule has 0 bridgehead atoms. The number of likely N-dealkylation sites (tertiary alicyclic amines) is 1. The number of aryl methyl sites for hydroxylation is 1. The number of amides is 2. The molecule has 7 nitrogen and oxygen atoms in total. The second-order valence-corrected chi connectivity index (χ2v) is 9.22. The molecule has 1 aromatic carbocycles. The monoisotopic (exact) mass is 449 g/mol. The third-order valence-electron chi connectivity index (χ3n) is 5.02. The molecule has 1 unspecified atom stereocenters. The average molecular weight is 450 g/mol. The van der Waals surface area contributed by atoms with E-state index < -0.39 is 0 Å². The highest BCUT2D eigenvalue weighted by atomic mass is 35.5. The van der Waals surface area contributed by atoms with Gasteiger partial charge in [-0.3, -0.25) is 9.59 Å². The van der Waals surface area contributed by atoms with Crippen LogP contribution in [0.4, 0.5) is 5.69 Å². The average Bonchev–Trinajstić information content (AvgIpc) is 3.19. The largest absolute Gasteiger partial charge is 0.356 e. The van der Waals surface area contributed by atoms with E-state index in [-0.39, 0.29) is 16.8 Å². The summed E-state index contributed by atoms with van der Waals surface area (Å²) in [7, 11) is 0. The quantitative estimate of drug-likeness (QED) is 0.571. The Kier molecular flexibility index (Phi) is 8.60. The summed E-state index contributed by atoms with van der Waals surface area (Å²) in [6.45, 7) is 6.35. The molecule has 0 radical (unpaired) electrons. The highest BCUT2D eigenvalue weighted by Gasteiger charge is 2.16. The summed E-state index contributed by atoms with van der Waals surface area (Å²) in [6, 6.07) is 6.91. The fourth-order valence-corrected chi connectivity index (χ4v) is 4.45. The van der Waals surface area contributed by atoms with Gasteiger partial charge in [0.2, 0.25) is 10.9 Å². The van der Waals surface area contributed by atoms with Crippen molar-refractivity contribution < 1.29 is 9.59 Å². The summed E-state index contributed by atoms with van der Waals surface area (Å²) in [5, 5.41) is 15.2. The summed E-state index contributed by atoms with van der Waals surface area (Å²) in [5.41, 5.74) is 0.600. The molecular weight excluding hydrogens is 422 g/mol. The normalized spacial score (nSPS) is 16.9. The highest BCUT2D eigenvalue weighted by molar-refractivity contribution is 7.13. The van der Waals surface area contributed by atoms with Crippen LogP contribution in [-0.2, 0) is 11.2 Å². The van der Waals surface area contributed by atoms with Crippen LogP contribution in [0.3, 0.4) is 0 Å². The molecule has 9 heteroatoms. The number of hydrogen-bond donors (Lipinski definition) is 2. The lowest BCUT2D eigenvalue weighted by molar-refractivity contribution is -0.121. The number of nitrogens with zero attached hydrogens (tertiary/aromatic N) is 3. The Morgan fingerprint density at radius 1 is 1.33 bits per heavy atom. The van der Waals surface area contributed by atoms with E-state index in [0.717, 1.165) is 25.4 Å².